The Bertz CT molecular complexity index is 359. The maximum Gasteiger partial charge on any atom is 0.409 e. The Kier molecular flexibility index (Phi) is 6.09. The van der Waals surface area contributed by atoms with E-state index in [0.717, 1.165) is 64.1 Å². The minimum absolute atomic E-state index is 0.221. The highest BCUT2D eigenvalue weighted by Crippen LogP contribution is 2.33. The van der Waals surface area contributed by atoms with Crippen LogP contribution in [-0.4, -0.2) is 65.9 Å². The van der Waals surface area contributed by atoms with Crippen molar-refractivity contribution in [3.63, 3.8) is 0 Å². The summed E-state index contributed by atoms with van der Waals surface area (Å²) in [6.45, 7) is 7.22. The molecule has 0 unspecified atom stereocenters. The lowest BCUT2D eigenvalue weighted by atomic mass is 9.79. The normalized spacial score (nSPS) is 31.0. The fourth-order valence-corrected chi connectivity index (χ4v) is 3.71. The zero-order valence-electron chi connectivity index (χ0n) is 14.4. The molecule has 2 aliphatic rings. The number of piperidine rings is 1. The quantitative estimate of drug-likeness (QED) is 0.866. The molecule has 5 heteroatoms. The molecule has 1 saturated carbocycles. The van der Waals surface area contributed by atoms with Gasteiger partial charge in [0.2, 0.25) is 0 Å². The highest BCUT2D eigenvalue weighted by atomic mass is 16.6. The van der Waals surface area contributed by atoms with Crippen LogP contribution in [-0.2, 0) is 4.74 Å². The highest BCUT2D eigenvalue weighted by molar-refractivity contribution is 5.67. The van der Waals surface area contributed by atoms with Crippen LogP contribution in [0.5, 0.6) is 0 Å². The maximum atomic E-state index is 11.8. The Labute approximate surface area is 134 Å². The molecule has 0 aromatic rings. The number of hydrogen-bond donors (Lipinski definition) is 1. The van der Waals surface area contributed by atoms with Gasteiger partial charge in [0.15, 0.2) is 0 Å². The predicted octanol–water partition coefficient (Wildman–Crippen LogP) is 2.48. The first-order chi connectivity index (χ1) is 10.4. The standard InChI is InChI=1S/C17H32N2O3/c1-4-22-16(20)18(3)15-7-11-19(12-8-15)13-17(21)9-5-14(2)6-10-17/h14-15,21H,4-13H2,1-3H3. The van der Waals surface area contributed by atoms with Gasteiger partial charge in [0.25, 0.3) is 0 Å². The topological polar surface area (TPSA) is 53.0 Å². The number of nitrogens with zero attached hydrogens (tertiary/aromatic N) is 2. The van der Waals surface area contributed by atoms with Crippen LogP contribution < -0.4 is 0 Å². The molecule has 2 rings (SSSR count). The van der Waals surface area contributed by atoms with Crippen LogP contribution in [0.4, 0.5) is 4.79 Å². The van der Waals surface area contributed by atoms with Crippen molar-refractivity contribution in [2.45, 2.75) is 64.0 Å². The maximum absolute atomic E-state index is 11.8. The molecule has 1 heterocycles. The minimum atomic E-state index is -0.494. The molecule has 1 saturated heterocycles. The second-order valence-corrected chi connectivity index (χ2v) is 7.22. The Morgan fingerprint density at radius 2 is 1.86 bits per heavy atom. The molecular formula is C17H32N2O3. The average molecular weight is 312 g/mol. The van der Waals surface area contributed by atoms with E-state index in [1.165, 1.54) is 0 Å². The van der Waals surface area contributed by atoms with Crippen LogP contribution in [0.25, 0.3) is 0 Å². The van der Waals surface area contributed by atoms with Gasteiger partial charge < -0.3 is 19.6 Å². The van der Waals surface area contributed by atoms with Gasteiger partial charge in [0.05, 0.1) is 12.2 Å². The second-order valence-electron chi connectivity index (χ2n) is 7.22. The molecule has 0 radical (unpaired) electrons. The summed E-state index contributed by atoms with van der Waals surface area (Å²) in [5.74, 6) is 0.754. The molecular weight excluding hydrogens is 280 g/mol. The van der Waals surface area contributed by atoms with Gasteiger partial charge in [0, 0.05) is 32.7 Å². The molecule has 0 atom stereocenters. The Morgan fingerprint density at radius 1 is 1.27 bits per heavy atom. The molecule has 0 bridgehead atoms. The number of β-amino-alcohol motifs (C(OH)–C–C–N with tert-alkyl or cyclic N) is 1. The van der Waals surface area contributed by atoms with E-state index in [0.29, 0.717) is 6.61 Å². The number of carbonyl (C=O) groups excluding carboxylic acids is 1. The van der Waals surface area contributed by atoms with Gasteiger partial charge in [-0.25, -0.2) is 4.79 Å². The van der Waals surface area contributed by atoms with Crippen LogP contribution >= 0.6 is 0 Å². The molecule has 22 heavy (non-hydrogen) atoms. The molecule has 1 N–H and O–H groups in total. The Hall–Kier alpha value is -0.810. The fraction of sp³-hybridized carbons (Fsp3) is 0.941. The molecule has 5 nitrogen and oxygen atoms in total. The van der Waals surface area contributed by atoms with Crippen LogP contribution in [0.2, 0.25) is 0 Å². The molecule has 0 aromatic carbocycles. The number of amides is 1. The largest absolute Gasteiger partial charge is 0.450 e. The lowest BCUT2D eigenvalue weighted by Crippen LogP contribution is -2.51. The van der Waals surface area contributed by atoms with Gasteiger partial charge in [-0.3, -0.25) is 0 Å². The zero-order valence-corrected chi connectivity index (χ0v) is 14.4. The third-order valence-electron chi connectivity index (χ3n) is 5.38. The van der Waals surface area contributed by atoms with Gasteiger partial charge in [-0.15, -0.1) is 0 Å². The van der Waals surface area contributed by atoms with Crippen molar-refractivity contribution in [1.82, 2.24) is 9.80 Å². The van der Waals surface area contributed by atoms with E-state index in [9.17, 15) is 9.90 Å². The van der Waals surface area contributed by atoms with E-state index < -0.39 is 5.60 Å². The number of likely N-dealkylation sites (tertiary alicyclic amines) is 1. The predicted molar refractivity (Wildman–Crippen MR) is 86.8 cm³/mol. The first-order valence-corrected chi connectivity index (χ1v) is 8.78. The van der Waals surface area contributed by atoms with Gasteiger partial charge in [0.1, 0.15) is 0 Å². The third-order valence-corrected chi connectivity index (χ3v) is 5.38. The minimum Gasteiger partial charge on any atom is -0.450 e. The molecule has 1 amide bonds. The average Bonchev–Trinajstić information content (AvgIpc) is 2.51. The van der Waals surface area contributed by atoms with Crippen molar-refractivity contribution in [3.05, 3.63) is 0 Å². The second kappa shape index (κ2) is 7.64. The molecule has 1 aliphatic heterocycles. The summed E-state index contributed by atoms with van der Waals surface area (Å²) in [5.41, 5.74) is -0.494. The molecule has 1 aliphatic carbocycles. The van der Waals surface area contributed by atoms with Gasteiger partial charge in [-0.2, -0.15) is 0 Å². The van der Waals surface area contributed by atoms with Crippen molar-refractivity contribution in [3.8, 4) is 0 Å². The summed E-state index contributed by atoms with van der Waals surface area (Å²) < 4.78 is 5.06. The van der Waals surface area contributed by atoms with E-state index >= 15 is 0 Å². The zero-order chi connectivity index (χ0) is 16.2. The summed E-state index contributed by atoms with van der Waals surface area (Å²) in [7, 11) is 1.83. The van der Waals surface area contributed by atoms with Crippen molar-refractivity contribution in [2.75, 3.05) is 33.3 Å². The van der Waals surface area contributed by atoms with E-state index in [4.69, 9.17) is 4.74 Å². The Balaban J connectivity index is 1.76. The number of hydrogen-bond acceptors (Lipinski definition) is 4. The van der Waals surface area contributed by atoms with E-state index in [1.54, 1.807) is 4.90 Å². The number of ether oxygens (including phenoxy) is 1. The first kappa shape index (κ1) is 17.5. The summed E-state index contributed by atoms with van der Waals surface area (Å²) in [6, 6.07) is 0.260. The van der Waals surface area contributed by atoms with Crippen LogP contribution in [0.3, 0.4) is 0 Å². The van der Waals surface area contributed by atoms with E-state index in [1.807, 2.05) is 14.0 Å². The third kappa shape index (κ3) is 4.59. The van der Waals surface area contributed by atoms with Crippen LogP contribution in [0, 0.1) is 5.92 Å². The van der Waals surface area contributed by atoms with Crippen molar-refractivity contribution in [2.24, 2.45) is 5.92 Å². The molecule has 0 aromatic heterocycles. The lowest BCUT2D eigenvalue weighted by Gasteiger charge is -2.42. The van der Waals surface area contributed by atoms with Gasteiger partial charge in [-0.05, 0) is 51.4 Å². The summed E-state index contributed by atoms with van der Waals surface area (Å²) in [6.07, 6.45) is 5.83. The molecule has 2 fully saturated rings. The first-order valence-electron chi connectivity index (χ1n) is 8.78. The van der Waals surface area contributed by atoms with Crippen molar-refractivity contribution >= 4 is 6.09 Å². The van der Waals surface area contributed by atoms with E-state index in [-0.39, 0.29) is 12.1 Å². The lowest BCUT2D eigenvalue weighted by molar-refractivity contribution is -0.0421. The highest BCUT2D eigenvalue weighted by Gasteiger charge is 2.35. The molecule has 128 valence electrons. The molecule has 0 spiro atoms. The van der Waals surface area contributed by atoms with Gasteiger partial charge in [-0.1, -0.05) is 6.92 Å². The summed E-state index contributed by atoms with van der Waals surface area (Å²) in [5, 5.41) is 10.7. The summed E-state index contributed by atoms with van der Waals surface area (Å²) in [4.78, 5) is 15.9. The van der Waals surface area contributed by atoms with E-state index in [2.05, 4.69) is 11.8 Å². The fourth-order valence-electron chi connectivity index (χ4n) is 3.71. The van der Waals surface area contributed by atoms with Crippen LogP contribution in [0.15, 0.2) is 0 Å². The van der Waals surface area contributed by atoms with Crippen molar-refractivity contribution < 1.29 is 14.6 Å². The van der Waals surface area contributed by atoms with Gasteiger partial charge >= 0.3 is 6.09 Å². The Morgan fingerprint density at radius 3 is 2.41 bits per heavy atom. The summed E-state index contributed by atoms with van der Waals surface area (Å²) >= 11 is 0. The number of carbonyl (C=O) groups is 1. The monoisotopic (exact) mass is 312 g/mol. The number of aliphatic hydroxyl groups is 1. The SMILES string of the molecule is CCOC(=O)N(C)C1CCN(CC2(O)CCC(C)CC2)CC1. The van der Waals surface area contributed by atoms with Crippen molar-refractivity contribution in [1.29, 1.82) is 0 Å². The van der Waals surface area contributed by atoms with Crippen LogP contribution in [0.1, 0.15) is 52.4 Å². The number of rotatable bonds is 4. The smallest absolute Gasteiger partial charge is 0.409 e.